The summed E-state index contributed by atoms with van der Waals surface area (Å²) in [5, 5.41) is 7.52. The lowest BCUT2D eigenvalue weighted by Crippen LogP contribution is -2.35. The van der Waals surface area contributed by atoms with Gasteiger partial charge in [0.15, 0.2) is 0 Å². The number of carbonyl (C=O) groups is 1. The first-order valence-corrected chi connectivity index (χ1v) is 12.6. The van der Waals surface area contributed by atoms with Gasteiger partial charge in [0.2, 0.25) is 10.0 Å². The maximum absolute atomic E-state index is 13.2. The van der Waals surface area contributed by atoms with Gasteiger partial charge in [0, 0.05) is 30.3 Å². The molecule has 0 unspecified atom stereocenters. The summed E-state index contributed by atoms with van der Waals surface area (Å²) < 4.78 is 34.4. The van der Waals surface area contributed by atoms with E-state index in [0.29, 0.717) is 24.6 Å². The van der Waals surface area contributed by atoms with Crippen LogP contribution in [0.2, 0.25) is 0 Å². The molecule has 1 amide bonds. The first-order chi connectivity index (χ1) is 16.5. The monoisotopic (exact) mass is 476 g/mol. The van der Waals surface area contributed by atoms with Gasteiger partial charge in [-0.3, -0.25) is 4.79 Å². The van der Waals surface area contributed by atoms with Crippen molar-refractivity contribution in [2.45, 2.75) is 24.2 Å². The third-order valence-corrected chi connectivity index (χ3v) is 7.71. The minimum absolute atomic E-state index is 0.123. The number of hydrogen-bond donors (Lipinski definition) is 1. The van der Waals surface area contributed by atoms with Gasteiger partial charge in [-0.05, 0) is 49.2 Å². The van der Waals surface area contributed by atoms with Crippen LogP contribution in [0, 0.1) is 0 Å². The van der Waals surface area contributed by atoms with E-state index in [-0.39, 0.29) is 10.5 Å². The van der Waals surface area contributed by atoms with Crippen LogP contribution in [0.5, 0.6) is 0 Å². The highest BCUT2D eigenvalue weighted by Gasteiger charge is 2.26. The zero-order valence-electron chi connectivity index (χ0n) is 18.4. The van der Waals surface area contributed by atoms with E-state index in [0.717, 1.165) is 30.5 Å². The molecule has 0 aliphatic carbocycles. The zero-order chi connectivity index (χ0) is 23.5. The van der Waals surface area contributed by atoms with Gasteiger partial charge in [0.1, 0.15) is 5.82 Å². The Hall–Kier alpha value is -3.69. The zero-order valence-corrected chi connectivity index (χ0v) is 19.2. The van der Waals surface area contributed by atoms with Crippen molar-refractivity contribution in [1.29, 1.82) is 0 Å². The Labute approximate surface area is 197 Å². The Morgan fingerprint density at radius 2 is 1.74 bits per heavy atom. The van der Waals surface area contributed by atoms with Crippen LogP contribution in [0.4, 0.5) is 5.82 Å². The Bertz CT molecular complexity index is 1390. The number of para-hydroxylation sites is 1. The maximum atomic E-state index is 13.2. The fourth-order valence-corrected chi connectivity index (χ4v) is 5.59. The average molecular weight is 477 g/mol. The summed E-state index contributed by atoms with van der Waals surface area (Å²) in [5.74, 6) is 0.0307. The lowest BCUT2D eigenvalue weighted by Gasteiger charge is -2.26. The summed E-state index contributed by atoms with van der Waals surface area (Å²) in [4.78, 5) is 13.3. The van der Waals surface area contributed by atoms with Gasteiger partial charge in [-0.2, -0.15) is 9.40 Å². The van der Waals surface area contributed by atoms with E-state index in [1.807, 2.05) is 30.3 Å². The molecule has 3 heterocycles. The van der Waals surface area contributed by atoms with Gasteiger partial charge >= 0.3 is 0 Å². The van der Waals surface area contributed by atoms with E-state index in [9.17, 15) is 13.2 Å². The van der Waals surface area contributed by atoms with Crippen molar-refractivity contribution in [3.8, 4) is 16.9 Å². The van der Waals surface area contributed by atoms with Gasteiger partial charge in [-0.1, -0.05) is 30.7 Å². The highest BCUT2D eigenvalue weighted by Crippen LogP contribution is 2.26. The van der Waals surface area contributed by atoms with E-state index in [1.54, 1.807) is 41.5 Å². The molecule has 5 rings (SSSR count). The number of furan rings is 1. The number of hydrogen-bond acceptors (Lipinski definition) is 5. The number of anilines is 1. The van der Waals surface area contributed by atoms with Crippen molar-refractivity contribution in [3.63, 3.8) is 0 Å². The van der Waals surface area contributed by atoms with Gasteiger partial charge in [0.25, 0.3) is 5.91 Å². The highest BCUT2D eigenvalue weighted by molar-refractivity contribution is 7.89. The van der Waals surface area contributed by atoms with Crippen LogP contribution in [0.1, 0.15) is 29.6 Å². The van der Waals surface area contributed by atoms with Gasteiger partial charge in [-0.25, -0.2) is 13.1 Å². The van der Waals surface area contributed by atoms with Crippen LogP contribution in [0.15, 0.2) is 88.6 Å². The second-order valence-electron chi connectivity index (χ2n) is 8.12. The number of aromatic nitrogens is 2. The summed E-state index contributed by atoms with van der Waals surface area (Å²) in [6.45, 7) is 1.01. The van der Waals surface area contributed by atoms with Gasteiger partial charge in [0.05, 0.1) is 28.8 Å². The Kier molecular flexibility index (Phi) is 6.04. The molecule has 1 fully saturated rings. The summed E-state index contributed by atoms with van der Waals surface area (Å²) >= 11 is 0. The molecule has 2 aromatic heterocycles. The van der Waals surface area contributed by atoms with E-state index >= 15 is 0 Å². The van der Waals surface area contributed by atoms with Crippen LogP contribution < -0.4 is 5.32 Å². The Morgan fingerprint density at radius 1 is 0.941 bits per heavy atom. The second-order valence-corrected chi connectivity index (χ2v) is 10.1. The first-order valence-electron chi connectivity index (χ1n) is 11.1. The van der Waals surface area contributed by atoms with Crippen LogP contribution in [-0.2, 0) is 10.0 Å². The summed E-state index contributed by atoms with van der Waals surface area (Å²) in [6.07, 6.45) is 5.87. The number of nitrogens with one attached hydrogen (secondary N) is 1. The number of carbonyl (C=O) groups excluding carboxylic acids is 1. The minimum atomic E-state index is -3.64. The number of sulfonamides is 1. The smallest absolute Gasteiger partial charge is 0.256 e. The molecule has 0 spiro atoms. The summed E-state index contributed by atoms with van der Waals surface area (Å²) in [7, 11) is -3.64. The number of piperidine rings is 1. The molecule has 1 saturated heterocycles. The second kappa shape index (κ2) is 9.28. The fraction of sp³-hybridized carbons (Fsp3) is 0.200. The number of benzene rings is 2. The summed E-state index contributed by atoms with van der Waals surface area (Å²) in [5.41, 5.74) is 2.44. The van der Waals surface area contributed by atoms with E-state index < -0.39 is 15.9 Å². The van der Waals surface area contributed by atoms with Crippen molar-refractivity contribution in [2.75, 3.05) is 18.4 Å². The van der Waals surface area contributed by atoms with Crippen molar-refractivity contribution >= 4 is 21.7 Å². The molecular weight excluding hydrogens is 452 g/mol. The molecular formula is C25H24N4O4S. The van der Waals surface area contributed by atoms with E-state index in [4.69, 9.17) is 4.42 Å². The Morgan fingerprint density at radius 3 is 2.47 bits per heavy atom. The van der Waals surface area contributed by atoms with E-state index in [2.05, 4.69) is 10.4 Å². The largest absolute Gasteiger partial charge is 0.472 e. The lowest BCUT2D eigenvalue weighted by atomic mass is 10.2. The predicted octanol–water partition coefficient (Wildman–Crippen LogP) is 4.56. The standard InChI is InChI=1S/C25H24N4O4S/c30-25(19-8-7-11-22(16-19)34(31,32)28-13-5-2-6-14-28)26-24-17-23(20-12-15-33-18-20)27-29(24)21-9-3-1-4-10-21/h1,3-4,7-12,15-18H,2,5-6,13-14H2,(H,26,30). The molecule has 34 heavy (non-hydrogen) atoms. The first kappa shape index (κ1) is 22.1. The third-order valence-electron chi connectivity index (χ3n) is 5.82. The number of amides is 1. The molecule has 0 saturated carbocycles. The van der Waals surface area contributed by atoms with Crippen molar-refractivity contribution in [2.24, 2.45) is 0 Å². The molecule has 8 nitrogen and oxygen atoms in total. The lowest BCUT2D eigenvalue weighted by molar-refractivity contribution is 0.102. The third kappa shape index (κ3) is 4.40. The fourth-order valence-electron chi connectivity index (χ4n) is 4.03. The normalized spacial score (nSPS) is 14.7. The maximum Gasteiger partial charge on any atom is 0.256 e. The molecule has 0 bridgehead atoms. The number of rotatable bonds is 6. The summed E-state index contributed by atoms with van der Waals surface area (Å²) in [6, 6.07) is 19.1. The molecule has 1 aliphatic heterocycles. The Balaban J connectivity index is 1.45. The van der Waals surface area contributed by atoms with Gasteiger partial charge < -0.3 is 9.73 Å². The highest BCUT2D eigenvalue weighted by atomic mass is 32.2. The topological polar surface area (TPSA) is 97.4 Å². The van der Waals surface area contributed by atoms with Gasteiger partial charge in [-0.15, -0.1) is 0 Å². The number of nitrogens with zero attached hydrogens (tertiary/aromatic N) is 3. The SMILES string of the molecule is O=C(Nc1cc(-c2ccoc2)nn1-c1ccccc1)c1cccc(S(=O)(=O)N2CCCCC2)c1. The minimum Gasteiger partial charge on any atom is -0.472 e. The molecule has 1 N–H and O–H groups in total. The van der Waals surface area contributed by atoms with E-state index in [1.165, 1.54) is 16.4 Å². The van der Waals surface area contributed by atoms with Crippen LogP contribution >= 0.6 is 0 Å². The molecule has 174 valence electrons. The predicted molar refractivity (Wildman–Crippen MR) is 128 cm³/mol. The molecule has 0 atom stereocenters. The average Bonchev–Trinajstić information content (AvgIpc) is 3.56. The van der Waals surface area contributed by atoms with Crippen molar-refractivity contribution < 1.29 is 17.6 Å². The molecule has 9 heteroatoms. The quantitative estimate of drug-likeness (QED) is 0.440. The van der Waals surface area contributed by atoms with Crippen LogP contribution in [0.3, 0.4) is 0 Å². The molecule has 4 aromatic rings. The molecule has 0 radical (unpaired) electrons. The van der Waals surface area contributed by atoms with Crippen LogP contribution in [0.25, 0.3) is 16.9 Å². The van der Waals surface area contributed by atoms with Crippen molar-refractivity contribution in [1.82, 2.24) is 14.1 Å². The van der Waals surface area contributed by atoms with Crippen LogP contribution in [-0.4, -0.2) is 41.5 Å². The van der Waals surface area contributed by atoms with Crippen molar-refractivity contribution in [3.05, 3.63) is 84.8 Å². The molecule has 1 aliphatic rings. The molecule has 2 aromatic carbocycles.